The van der Waals surface area contributed by atoms with Gasteiger partial charge in [0, 0.05) is 18.7 Å². The number of aromatic nitrogens is 4. The van der Waals surface area contributed by atoms with E-state index in [-0.39, 0.29) is 11.6 Å². The lowest BCUT2D eigenvalue weighted by Crippen LogP contribution is -2.26. The standard InChI is InChI=1S/C17H18ClN5O3/c1-11-6-12(7-13(18)15(11)25-2)16-14(21-10-26-16)17(24)20-4-3-5-23-9-19-8-22-23/h6-10H,3-5H2,1-2H3,(H,20,24). The largest absolute Gasteiger partial charge is 0.495 e. The van der Waals surface area contributed by atoms with Crippen molar-refractivity contribution in [1.82, 2.24) is 25.1 Å². The minimum atomic E-state index is -0.308. The van der Waals surface area contributed by atoms with Gasteiger partial charge in [-0.05, 0) is 31.0 Å². The highest BCUT2D eigenvalue weighted by Gasteiger charge is 2.20. The molecule has 0 radical (unpaired) electrons. The molecule has 1 aromatic carbocycles. The maximum atomic E-state index is 12.4. The molecule has 0 aliphatic heterocycles. The molecule has 3 aromatic rings. The molecular weight excluding hydrogens is 358 g/mol. The Kier molecular flexibility index (Phi) is 5.52. The van der Waals surface area contributed by atoms with Crippen LogP contribution in [0.2, 0.25) is 5.02 Å². The Morgan fingerprint density at radius 2 is 2.27 bits per heavy atom. The van der Waals surface area contributed by atoms with E-state index in [9.17, 15) is 4.79 Å². The number of aryl methyl sites for hydroxylation is 2. The second-order valence-corrected chi connectivity index (χ2v) is 6.01. The second-order valence-electron chi connectivity index (χ2n) is 5.61. The Balaban J connectivity index is 1.69. The average molecular weight is 376 g/mol. The van der Waals surface area contributed by atoms with Gasteiger partial charge < -0.3 is 14.5 Å². The number of oxazole rings is 1. The molecule has 0 unspecified atom stereocenters. The van der Waals surface area contributed by atoms with E-state index in [2.05, 4.69) is 20.4 Å². The van der Waals surface area contributed by atoms with Crippen molar-refractivity contribution < 1.29 is 13.9 Å². The van der Waals surface area contributed by atoms with Crippen molar-refractivity contribution in [3.8, 4) is 17.1 Å². The van der Waals surface area contributed by atoms with E-state index >= 15 is 0 Å². The Morgan fingerprint density at radius 3 is 2.96 bits per heavy atom. The number of methoxy groups -OCH3 is 1. The van der Waals surface area contributed by atoms with E-state index in [0.29, 0.717) is 35.2 Å². The van der Waals surface area contributed by atoms with Crippen LogP contribution in [0.3, 0.4) is 0 Å². The summed E-state index contributed by atoms with van der Waals surface area (Å²) in [5.74, 6) is 0.650. The molecule has 0 atom stereocenters. The van der Waals surface area contributed by atoms with E-state index in [4.69, 9.17) is 20.8 Å². The number of ether oxygens (including phenoxy) is 1. The Bertz CT molecular complexity index is 869. The summed E-state index contributed by atoms with van der Waals surface area (Å²) in [6.07, 6.45) is 5.07. The smallest absolute Gasteiger partial charge is 0.273 e. The number of halogens is 1. The molecule has 0 saturated carbocycles. The third kappa shape index (κ3) is 3.85. The lowest BCUT2D eigenvalue weighted by molar-refractivity contribution is 0.0948. The number of nitrogens with zero attached hydrogens (tertiary/aromatic N) is 4. The number of hydrogen-bond acceptors (Lipinski definition) is 6. The van der Waals surface area contributed by atoms with Crippen molar-refractivity contribution in [3.63, 3.8) is 0 Å². The van der Waals surface area contributed by atoms with Crippen molar-refractivity contribution in [3.05, 3.63) is 47.5 Å². The normalized spacial score (nSPS) is 10.7. The fourth-order valence-electron chi connectivity index (χ4n) is 2.61. The van der Waals surface area contributed by atoms with Crippen LogP contribution < -0.4 is 10.1 Å². The molecule has 0 aliphatic rings. The van der Waals surface area contributed by atoms with Crippen LogP contribution in [-0.2, 0) is 6.54 Å². The summed E-state index contributed by atoms with van der Waals surface area (Å²) in [5.41, 5.74) is 1.72. The van der Waals surface area contributed by atoms with Gasteiger partial charge in [0.2, 0.25) is 0 Å². The number of nitrogens with one attached hydrogen (secondary N) is 1. The van der Waals surface area contributed by atoms with Gasteiger partial charge in [0.15, 0.2) is 17.8 Å². The molecular formula is C17H18ClN5O3. The lowest BCUT2D eigenvalue weighted by Gasteiger charge is -2.09. The highest BCUT2D eigenvalue weighted by molar-refractivity contribution is 6.32. The van der Waals surface area contributed by atoms with Crippen LogP contribution in [0.5, 0.6) is 5.75 Å². The number of carbonyl (C=O) groups is 1. The molecule has 2 aromatic heterocycles. The van der Waals surface area contributed by atoms with E-state index in [1.807, 2.05) is 13.0 Å². The van der Waals surface area contributed by atoms with Crippen molar-refractivity contribution in [2.24, 2.45) is 0 Å². The summed E-state index contributed by atoms with van der Waals surface area (Å²) in [6.45, 7) is 3.01. The van der Waals surface area contributed by atoms with Gasteiger partial charge in [-0.3, -0.25) is 9.48 Å². The summed E-state index contributed by atoms with van der Waals surface area (Å²) < 4.78 is 12.4. The van der Waals surface area contributed by atoms with Crippen molar-refractivity contribution in [1.29, 1.82) is 0 Å². The molecule has 1 amide bonds. The third-order valence-corrected chi connectivity index (χ3v) is 4.08. The van der Waals surface area contributed by atoms with Gasteiger partial charge in [-0.15, -0.1) is 0 Å². The van der Waals surface area contributed by atoms with Crippen molar-refractivity contribution in [2.75, 3.05) is 13.7 Å². The molecule has 0 aliphatic carbocycles. The van der Waals surface area contributed by atoms with Gasteiger partial charge in [0.25, 0.3) is 5.91 Å². The fraction of sp³-hybridized carbons (Fsp3) is 0.294. The molecule has 2 heterocycles. The molecule has 136 valence electrons. The number of rotatable bonds is 7. The molecule has 8 nitrogen and oxygen atoms in total. The highest BCUT2D eigenvalue weighted by atomic mass is 35.5. The Morgan fingerprint density at radius 1 is 1.42 bits per heavy atom. The van der Waals surface area contributed by atoms with Crippen LogP contribution in [0.4, 0.5) is 0 Å². The molecule has 9 heteroatoms. The topological polar surface area (TPSA) is 95.1 Å². The van der Waals surface area contributed by atoms with Crippen molar-refractivity contribution >= 4 is 17.5 Å². The van der Waals surface area contributed by atoms with Crippen LogP contribution >= 0.6 is 11.6 Å². The molecule has 0 fully saturated rings. The number of hydrogen-bond donors (Lipinski definition) is 1. The van der Waals surface area contributed by atoms with E-state index < -0.39 is 0 Å². The zero-order valence-corrected chi connectivity index (χ0v) is 15.2. The first kappa shape index (κ1) is 17.9. The zero-order chi connectivity index (χ0) is 18.5. The number of amides is 1. The maximum absolute atomic E-state index is 12.4. The Hall–Kier alpha value is -2.87. The summed E-state index contributed by atoms with van der Waals surface area (Å²) in [4.78, 5) is 20.3. The van der Waals surface area contributed by atoms with Crippen LogP contribution in [0, 0.1) is 6.92 Å². The first-order valence-electron chi connectivity index (χ1n) is 7.98. The molecule has 26 heavy (non-hydrogen) atoms. The summed E-state index contributed by atoms with van der Waals surface area (Å²) >= 11 is 6.23. The fourth-order valence-corrected chi connectivity index (χ4v) is 2.95. The van der Waals surface area contributed by atoms with Crippen LogP contribution in [0.25, 0.3) is 11.3 Å². The third-order valence-electron chi connectivity index (χ3n) is 3.79. The van der Waals surface area contributed by atoms with Crippen LogP contribution in [0.15, 0.2) is 35.6 Å². The van der Waals surface area contributed by atoms with E-state index in [0.717, 1.165) is 12.0 Å². The first-order valence-corrected chi connectivity index (χ1v) is 8.36. The quantitative estimate of drug-likeness (QED) is 0.638. The monoisotopic (exact) mass is 375 g/mol. The molecule has 3 rings (SSSR count). The first-order chi connectivity index (χ1) is 12.6. The second kappa shape index (κ2) is 8.01. The van der Waals surface area contributed by atoms with Crippen molar-refractivity contribution in [2.45, 2.75) is 19.9 Å². The summed E-state index contributed by atoms with van der Waals surface area (Å²) in [7, 11) is 1.56. The average Bonchev–Trinajstić information content (AvgIpc) is 3.29. The highest BCUT2D eigenvalue weighted by Crippen LogP contribution is 2.34. The van der Waals surface area contributed by atoms with Crippen LogP contribution in [0.1, 0.15) is 22.5 Å². The molecule has 0 spiro atoms. The summed E-state index contributed by atoms with van der Waals surface area (Å²) in [6, 6.07) is 3.53. The zero-order valence-electron chi connectivity index (χ0n) is 14.4. The predicted molar refractivity (Wildman–Crippen MR) is 95.2 cm³/mol. The van der Waals surface area contributed by atoms with Gasteiger partial charge >= 0.3 is 0 Å². The molecule has 1 N–H and O–H groups in total. The van der Waals surface area contributed by atoms with Gasteiger partial charge in [-0.2, -0.15) is 5.10 Å². The van der Waals surface area contributed by atoms with Crippen LogP contribution in [-0.4, -0.2) is 39.3 Å². The lowest BCUT2D eigenvalue weighted by atomic mass is 10.1. The maximum Gasteiger partial charge on any atom is 0.273 e. The minimum Gasteiger partial charge on any atom is -0.495 e. The van der Waals surface area contributed by atoms with Gasteiger partial charge in [-0.25, -0.2) is 9.97 Å². The minimum absolute atomic E-state index is 0.214. The van der Waals surface area contributed by atoms with Gasteiger partial charge in [-0.1, -0.05) is 11.6 Å². The molecule has 0 bridgehead atoms. The number of benzene rings is 1. The van der Waals surface area contributed by atoms with E-state index in [1.54, 1.807) is 24.2 Å². The SMILES string of the molecule is COc1c(C)cc(-c2ocnc2C(=O)NCCCn2cncn2)cc1Cl. The van der Waals surface area contributed by atoms with E-state index in [1.165, 1.54) is 12.7 Å². The van der Waals surface area contributed by atoms with Gasteiger partial charge in [0.1, 0.15) is 18.4 Å². The Labute approximate surface area is 155 Å². The molecule has 0 saturated heterocycles. The van der Waals surface area contributed by atoms with Gasteiger partial charge in [0.05, 0.1) is 12.1 Å². The summed E-state index contributed by atoms with van der Waals surface area (Å²) in [5, 5.41) is 7.28. The predicted octanol–water partition coefficient (Wildman–Crippen LogP) is 2.72. The number of carbonyl (C=O) groups excluding carboxylic acids is 1.